The molecule has 2 aromatic heterocycles. The summed E-state index contributed by atoms with van der Waals surface area (Å²) >= 11 is 0. The van der Waals surface area contributed by atoms with E-state index in [-0.39, 0.29) is 24.0 Å². The summed E-state index contributed by atoms with van der Waals surface area (Å²) in [5, 5.41) is 10.8. The predicted molar refractivity (Wildman–Crippen MR) is 108 cm³/mol. The van der Waals surface area contributed by atoms with Crippen LogP contribution in [0.3, 0.4) is 0 Å². The number of hydrogen-bond donors (Lipinski definition) is 2. The Hall–Kier alpha value is -1.51. The Kier molecular flexibility index (Phi) is 8.88. The van der Waals surface area contributed by atoms with Gasteiger partial charge >= 0.3 is 0 Å². The molecule has 0 fully saturated rings. The van der Waals surface area contributed by atoms with Crippen molar-refractivity contribution in [1.82, 2.24) is 20.4 Å². The molecular formula is C17H28IN5O. The molecule has 2 rings (SSSR count). The van der Waals surface area contributed by atoms with E-state index in [4.69, 9.17) is 4.52 Å². The van der Waals surface area contributed by atoms with Gasteiger partial charge in [-0.1, -0.05) is 19.0 Å². The van der Waals surface area contributed by atoms with E-state index in [0.717, 1.165) is 42.4 Å². The number of nitrogens with one attached hydrogen (secondary N) is 2. The van der Waals surface area contributed by atoms with Gasteiger partial charge in [0.25, 0.3) is 0 Å². The van der Waals surface area contributed by atoms with Crippen molar-refractivity contribution in [2.45, 2.75) is 46.7 Å². The SMILES string of the molecule is CCNC(=NCc1ccn(C)c1)NCc1c(CC)noc1CC.I. The second-order valence-electron chi connectivity index (χ2n) is 5.47. The lowest BCUT2D eigenvalue weighted by Crippen LogP contribution is -2.37. The molecule has 0 atom stereocenters. The fourth-order valence-corrected chi connectivity index (χ4v) is 2.48. The maximum Gasteiger partial charge on any atom is 0.191 e. The first-order chi connectivity index (χ1) is 11.2. The van der Waals surface area contributed by atoms with Crippen molar-refractivity contribution in [3.8, 4) is 0 Å². The first kappa shape index (κ1) is 20.5. The van der Waals surface area contributed by atoms with Crippen LogP contribution in [0.5, 0.6) is 0 Å². The van der Waals surface area contributed by atoms with Gasteiger partial charge in [-0.05, 0) is 25.0 Å². The number of rotatable bonds is 7. The minimum atomic E-state index is 0. The van der Waals surface area contributed by atoms with Crippen LogP contribution in [0.25, 0.3) is 0 Å². The molecular weight excluding hydrogens is 417 g/mol. The summed E-state index contributed by atoms with van der Waals surface area (Å²) in [4.78, 5) is 4.64. The number of aromatic nitrogens is 2. The normalized spacial score (nSPS) is 11.2. The van der Waals surface area contributed by atoms with Crippen LogP contribution in [0, 0.1) is 0 Å². The summed E-state index contributed by atoms with van der Waals surface area (Å²) in [5.74, 6) is 1.76. The van der Waals surface area contributed by atoms with Crippen LogP contribution < -0.4 is 10.6 Å². The molecule has 6 nitrogen and oxygen atoms in total. The number of aryl methyl sites for hydroxylation is 3. The van der Waals surface area contributed by atoms with Gasteiger partial charge in [-0.25, -0.2) is 4.99 Å². The summed E-state index contributed by atoms with van der Waals surface area (Å²) in [7, 11) is 2.02. The second-order valence-corrected chi connectivity index (χ2v) is 5.47. The van der Waals surface area contributed by atoms with E-state index in [1.807, 2.05) is 17.8 Å². The molecule has 134 valence electrons. The zero-order valence-electron chi connectivity index (χ0n) is 14.9. The first-order valence-electron chi connectivity index (χ1n) is 8.27. The number of halogens is 1. The highest BCUT2D eigenvalue weighted by molar-refractivity contribution is 14.0. The molecule has 2 heterocycles. The molecule has 0 aliphatic carbocycles. The topological polar surface area (TPSA) is 67.4 Å². The van der Waals surface area contributed by atoms with Crippen molar-refractivity contribution in [2.24, 2.45) is 12.0 Å². The van der Waals surface area contributed by atoms with E-state index in [1.165, 1.54) is 5.56 Å². The number of aliphatic imine (C=N–C) groups is 1. The van der Waals surface area contributed by atoms with E-state index in [0.29, 0.717) is 13.1 Å². The fourth-order valence-electron chi connectivity index (χ4n) is 2.48. The third-order valence-electron chi connectivity index (χ3n) is 3.70. The van der Waals surface area contributed by atoms with Gasteiger partial charge < -0.3 is 19.7 Å². The molecule has 0 aliphatic heterocycles. The third-order valence-corrected chi connectivity index (χ3v) is 3.70. The van der Waals surface area contributed by atoms with E-state index in [9.17, 15) is 0 Å². The Bertz CT molecular complexity index is 626. The van der Waals surface area contributed by atoms with Crippen LogP contribution in [0.1, 0.15) is 43.4 Å². The van der Waals surface area contributed by atoms with Crippen LogP contribution in [0.2, 0.25) is 0 Å². The van der Waals surface area contributed by atoms with Gasteiger partial charge in [0.15, 0.2) is 5.96 Å². The molecule has 0 saturated carbocycles. The van der Waals surface area contributed by atoms with Crippen molar-refractivity contribution in [2.75, 3.05) is 6.54 Å². The summed E-state index contributed by atoms with van der Waals surface area (Å²) in [6.07, 6.45) is 5.83. The quantitative estimate of drug-likeness (QED) is 0.391. The summed E-state index contributed by atoms with van der Waals surface area (Å²) in [6.45, 7) is 8.39. The number of nitrogens with zero attached hydrogens (tertiary/aromatic N) is 3. The minimum absolute atomic E-state index is 0. The minimum Gasteiger partial charge on any atom is -0.361 e. The van der Waals surface area contributed by atoms with Crippen LogP contribution in [0.15, 0.2) is 28.0 Å². The Balaban J connectivity index is 0.00000288. The average Bonchev–Trinajstić information content (AvgIpc) is 3.15. The van der Waals surface area contributed by atoms with Gasteiger partial charge in [0.05, 0.1) is 12.2 Å². The summed E-state index contributed by atoms with van der Waals surface area (Å²) < 4.78 is 7.44. The van der Waals surface area contributed by atoms with Crippen LogP contribution in [0.4, 0.5) is 0 Å². The molecule has 2 aromatic rings. The Labute approximate surface area is 161 Å². The molecule has 0 amide bonds. The van der Waals surface area contributed by atoms with Crippen molar-refractivity contribution >= 4 is 29.9 Å². The molecule has 0 spiro atoms. The average molecular weight is 445 g/mol. The molecule has 7 heteroatoms. The monoisotopic (exact) mass is 445 g/mol. The lowest BCUT2D eigenvalue weighted by molar-refractivity contribution is 0.380. The van der Waals surface area contributed by atoms with E-state index < -0.39 is 0 Å². The highest BCUT2D eigenvalue weighted by atomic mass is 127. The van der Waals surface area contributed by atoms with Crippen LogP contribution in [-0.2, 0) is 33.0 Å². The molecule has 0 aromatic carbocycles. The van der Waals surface area contributed by atoms with Gasteiger partial charge in [0, 0.05) is 44.5 Å². The molecule has 0 radical (unpaired) electrons. The Morgan fingerprint density at radius 1 is 1.25 bits per heavy atom. The standard InChI is InChI=1S/C17H27N5O.HI/c1-5-15-14(16(6-2)23-21-15)11-20-17(18-7-3)19-10-13-8-9-22(4)12-13;/h8-9,12H,5-7,10-11H2,1-4H3,(H2,18,19,20);1H. The van der Waals surface area contributed by atoms with Gasteiger partial charge in [0.2, 0.25) is 0 Å². The Morgan fingerprint density at radius 2 is 2.04 bits per heavy atom. The summed E-state index contributed by atoms with van der Waals surface area (Å²) in [5.41, 5.74) is 3.37. The van der Waals surface area contributed by atoms with Gasteiger partial charge in [-0.15, -0.1) is 24.0 Å². The molecule has 0 unspecified atom stereocenters. The van der Waals surface area contributed by atoms with Gasteiger partial charge in [-0.2, -0.15) is 0 Å². The Morgan fingerprint density at radius 3 is 2.62 bits per heavy atom. The summed E-state index contributed by atoms with van der Waals surface area (Å²) in [6, 6.07) is 2.08. The van der Waals surface area contributed by atoms with Crippen molar-refractivity contribution in [1.29, 1.82) is 0 Å². The van der Waals surface area contributed by atoms with Gasteiger partial charge in [-0.3, -0.25) is 0 Å². The number of hydrogen-bond acceptors (Lipinski definition) is 3. The van der Waals surface area contributed by atoms with Crippen molar-refractivity contribution in [3.05, 3.63) is 41.0 Å². The second kappa shape index (κ2) is 10.4. The lowest BCUT2D eigenvalue weighted by Gasteiger charge is -2.11. The molecule has 2 N–H and O–H groups in total. The smallest absolute Gasteiger partial charge is 0.191 e. The van der Waals surface area contributed by atoms with Crippen molar-refractivity contribution < 1.29 is 4.52 Å². The van der Waals surface area contributed by atoms with Crippen LogP contribution in [-0.4, -0.2) is 22.2 Å². The van der Waals surface area contributed by atoms with E-state index in [1.54, 1.807) is 0 Å². The molecule has 0 saturated heterocycles. The van der Waals surface area contributed by atoms with Crippen LogP contribution >= 0.6 is 24.0 Å². The molecule has 24 heavy (non-hydrogen) atoms. The highest BCUT2D eigenvalue weighted by Crippen LogP contribution is 2.15. The highest BCUT2D eigenvalue weighted by Gasteiger charge is 2.13. The fraction of sp³-hybridized carbons (Fsp3) is 0.529. The lowest BCUT2D eigenvalue weighted by atomic mass is 10.1. The third kappa shape index (κ3) is 5.54. The maximum atomic E-state index is 5.41. The number of guanidine groups is 1. The largest absolute Gasteiger partial charge is 0.361 e. The van der Waals surface area contributed by atoms with E-state index >= 15 is 0 Å². The molecule has 0 aliphatic rings. The molecule has 0 bridgehead atoms. The zero-order chi connectivity index (χ0) is 16.7. The maximum absolute atomic E-state index is 5.41. The zero-order valence-corrected chi connectivity index (χ0v) is 17.3. The van der Waals surface area contributed by atoms with Gasteiger partial charge in [0.1, 0.15) is 5.76 Å². The predicted octanol–water partition coefficient (Wildman–Crippen LogP) is 3.01. The van der Waals surface area contributed by atoms with E-state index in [2.05, 4.69) is 53.8 Å². The van der Waals surface area contributed by atoms with Crippen molar-refractivity contribution in [3.63, 3.8) is 0 Å². The first-order valence-corrected chi connectivity index (χ1v) is 8.27.